The maximum atomic E-state index is 12.3. The SMILES string of the molecule is COc1ccc(N2CC(CNC(=O)c3cccc(C#N)c3)OCC2=O)cc1. The Hall–Kier alpha value is -3.37. The molecule has 0 aliphatic carbocycles. The number of hydrogen-bond acceptors (Lipinski definition) is 5. The average Bonchev–Trinajstić information content (AvgIpc) is 2.73. The highest BCUT2D eigenvalue weighted by Crippen LogP contribution is 2.22. The molecule has 0 bridgehead atoms. The van der Waals surface area contributed by atoms with Crippen LogP contribution < -0.4 is 15.0 Å². The number of morpholine rings is 1. The Morgan fingerprint density at radius 2 is 2.11 bits per heavy atom. The van der Waals surface area contributed by atoms with Crippen molar-refractivity contribution in [2.45, 2.75) is 6.10 Å². The number of anilines is 1. The summed E-state index contributed by atoms with van der Waals surface area (Å²) in [7, 11) is 1.58. The number of ether oxygens (including phenoxy) is 2. The molecule has 2 amide bonds. The van der Waals surface area contributed by atoms with Gasteiger partial charge in [0.2, 0.25) is 0 Å². The third kappa shape index (κ3) is 4.43. The number of rotatable bonds is 5. The summed E-state index contributed by atoms with van der Waals surface area (Å²) in [5, 5.41) is 11.7. The molecular formula is C20H19N3O4. The molecule has 1 fully saturated rings. The van der Waals surface area contributed by atoms with Crippen molar-refractivity contribution in [2.24, 2.45) is 0 Å². The molecular weight excluding hydrogens is 346 g/mol. The first kappa shape index (κ1) is 18.4. The highest BCUT2D eigenvalue weighted by Gasteiger charge is 2.27. The van der Waals surface area contributed by atoms with Crippen molar-refractivity contribution in [3.8, 4) is 11.8 Å². The number of nitrogens with zero attached hydrogens (tertiary/aromatic N) is 2. The molecule has 0 spiro atoms. The number of methoxy groups -OCH3 is 1. The van der Waals surface area contributed by atoms with Crippen molar-refractivity contribution in [3.63, 3.8) is 0 Å². The fourth-order valence-electron chi connectivity index (χ4n) is 2.80. The topological polar surface area (TPSA) is 91.7 Å². The van der Waals surface area contributed by atoms with Gasteiger partial charge in [0.1, 0.15) is 12.4 Å². The largest absolute Gasteiger partial charge is 0.497 e. The van der Waals surface area contributed by atoms with Gasteiger partial charge in [0, 0.05) is 17.8 Å². The number of hydrogen-bond donors (Lipinski definition) is 1. The minimum absolute atomic E-state index is 0.0452. The number of carbonyl (C=O) groups is 2. The highest BCUT2D eigenvalue weighted by molar-refractivity contribution is 5.95. The van der Waals surface area contributed by atoms with E-state index in [2.05, 4.69) is 5.32 Å². The quantitative estimate of drug-likeness (QED) is 0.871. The van der Waals surface area contributed by atoms with E-state index in [1.807, 2.05) is 18.2 Å². The zero-order valence-electron chi connectivity index (χ0n) is 14.8. The van der Waals surface area contributed by atoms with Gasteiger partial charge in [-0.25, -0.2) is 0 Å². The molecule has 7 nitrogen and oxygen atoms in total. The van der Waals surface area contributed by atoms with E-state index < -0.39 is 0 Å². The molecule has 7 heteroatoms. The van der Waals surface area contributed by atoms with E-state index in [0.29, 0.717) is 23.4 Å². The molecule has 1 aliphatic heterocycles. The maximum absolute atomic E-state index is 12.3. The van der Waals surface area contributed by atoms with Gasteiger partial charge in [-0.3, -0.25) is 9.59 Å². The molecule has 1 heterocycles. The Labute approximate surface area is 157 Å². The summed E-state index contributed by atoms with van der Waals surface area (Å²) in [4.78, 5) is 26.1. The summed E-state index contributed by atoms with van der Waals surface area (Å²) in [5.41, 5.74) is 1.59. The maximum Gasteiger partial charge on any atom is 0.253 e. The van der Waals surface area contributed by atoms with Crippen molar-refractivity contribution < 1.29 is 19.1 Å². The van der Waals surface area contributed by atoms with Crippen LogP contribution in [0.25, 0.3) is 0 Å². The standard InChI is InChI=1S/C20H19N3O4/c1-26-17-7-5-16(6-8-17)23-12-18(27-13-19(23)24)11-22-20(25)15-4-2-3-14(9-15)10-21/h2-9,18H,11-13H2,1H3,(H,22,25). The second kappa shape index (κ2) is 8.34. The lowest BCUT2D eigenvalue weighted by Crippen LogP contribution is -2.50. The van der Waals surface area contributed by atoms with Crippen molar-refractivity contribution >= 4 is 17.5 Å². The molecule has 1 atom stereocenters. The smallest absolute Gasteiger partial charge is 0.253 e. The van der Waals surface area contributed by atoms with E-state index in [-0.39, 0.29) is 31.1 Å². The molecule has 1 saturated heterocycles. The second-order valence-corrected chi connectivity index (χ2v) is 6.04. The minimum Gasteiger partial charge on any atom is -0.497 e. The van der Waals surface area contributed by atoms with Crippen LogP contribution in [0.15, 0.2) is 48.5 Å². The van der Waals surface area contributed by atoms with E-state index in [0.717, 1.165) is 5.69 Å². The lowest BCUT2D eigenvalue weighted by Gasteiger charge is -2.33. The fourth-order valence-corrected chi connectivity index (χ4v) is 2.80. The van der Waals surface area contributed by atoms with Crippen LogP contribution in [0.5, 0.6) is 5.75 Å². The number of nitrogens with one attached hydrogen (secondary N) is 1. The third-order valence-corrected chi connectivity index (χ3v) is 4.26. The molecule has 3 rings (SSSR count). The van der Waals surface area contributed by atoms with Crippen LogP contribution in [-0.4, -0.2) is 44.7 Å². The number of benzene rings is 2. The van der Waals surface area contributed by atoms with Crippen LogP contribution >= 0.6 is 0 Å². The van der Waals surface area contributed by atoms with Crippen LogP contribution in [0.2, 0.25) is 0 Å². The van der Waals surface area contributed by atoms with Gasteiger partial charge in [-0.05, 0) is 42.5 Å². The second-order valence-electron chi connectivity index (χ2n) is 6.04. The Bertz CT molecular complexity index is 874. The summed E-state index contributed by atoms with van der Waals surface area (Å²) >= 11 is 0. The van der Waals surface area contributed by atoms with Gasteiger partial charge in [-0.1, -0.05) is 6.07 Å². The van der Waals surface area contributed by atoms with Crippen molar-refractivity contribution in [1.82, 2.24) is 5.32 Å². The van der Waals surface area contributed by atoms with Crippen molar-refractivity contribution in [3.05, 3.63) is 59.7 Å². The lowest BCUT2D eigenvalue weighted by atomic mass is 10.1. The van der Waals surface area contributed by atoms with Gasteiger partial charge in [0.25, 0.3) is 11.8 Å². The molecule has 2 aromatic carbocycles. The monoisotopic (exact) mass is 365 g/mol. The predicted octanol–water partition coefficient (Wildman–Crippen LogP) is 1.73. The molecule has 0 radical (unpaired) electrons. The van der Waals surface area contributed by atoms with Crippen LogP contribution in [0.4, 0.5) is 5.69 Å². The molecule has 138 valence electrons. The van der Waals surface area contributed by atoms with Gasteiger partial charge < -0.3 is 19.7 Å². The molecule has 0 saturated carbocycles. The number of carbonyl (C=O) groups excluding carboxylic acids is 2. The van der Waals surface area contributed by atoms with E-state index in [1.165, 1.54) is 6.07 Å². The van der Waals surface area contributed by atoms with E-state index in [9.17, 15) is 9.59 Å². The van der Waals surface area contributed by atoms with Crippen LogP contribution in [0.3, 0.4) is 0 Å². The fraction of sp³-hybridized carbons (Fsp3) is 0.250. The summed E-state index contributed by atoms with van der Waals surface area (Å²) in [6, 6.07) is 15.7. The summed E-state index contributed by atoms with van der Waals surface area (Å²) in [6.07, 6.45) is -0.326. The Morgan fingerprint density at radius 1 is 1.33 bits per heavy atom. The van der Waals surface area contributed by atoms with Crippen molar-refractivity contribution in [2.75, 3.05) is 31.7 Å². The molecule has 27 heavy (non-hydrogen) atoms. The van der Waals surface area contributed by atoms with E-state index >= 15 is 0 Å². The highest BCUT2D eigenvalue weighted by atomic mass is 16.5. The molecule has 2 aromatic rings. The summed E-state index contributed by atoms with van der Waals surface area (Å²) in [6.45, 7) is 0.551. The zero-order chi connectivity index (χ0) is 19.2. The Balaban J connectivity index is 1.61. The molecule has 0 aromatic heterocycles. The first-order valence-corrected chi connectivity index (χ1v) is 8.45. The Morgan fingerprint density at radius 3 is 2.81 bits per heavy atom. The van der Waals surface area contributed by atoms with Gasteiger partial charge in [0.05, 0.1) is 31.4 Å². The van der Waals surface area contributed by atoms with Gasteiger partial charge in [-0.2, -0.15) is 5.26 Å². The van der Waals surface area contributed by atoms with Crippen LogP contribution in [-0.2, 0) is 9.53 Å². The summed E-state index contributed by atoms with van der Waals surface area (Å²) < 4.78 is 10.7. The zero-order valence-corrected chi connectivity index (χ0v) is 14.8. The third-order valence-electron chi connectivity index (χ3n) is 4.26. The number of amides is 2. The molecule has 1 aliphatic rings. The van der Waals surface area contributed by atoms with Crippen LogP contribution in [0, 0.1) is 11.3 Å². The lowest BCUT2D eigenvalue weighted by molar-refractivity contribution is -0.129. The predicted molar refractivity (Wildman–Crippen MR) is 98.6 cm³/mol. The normalized spacial score (nSPS) is 16.5. The number of nitriles is 1. The first-order valence-electron chi connectivity index (χ1n) is 8.45. The van der Waals surface area contributed by atoms with Crippen LogP contribution in [0.1, 0.15) is 15.9 Å². The first-order chi connectivity index (χ1) is 13.1. The molecule has 1 unspecified atom stereocenters. The molecule has 1 N–H and O–H groups in total. The summed E-state index contributed by atoms with van der Waals surface area (Å²) in [5.74, 6) is 0.288. The van der Waals surface area contributed by atoms with Gasteiger partial charge >= 0.3 is 0 Å². The van der Waals surface area contributed by atoms with Gasteiger partial charge in [-0.15, -0.1) is 0 Å². The van der Waals surface area contributed by atoms with Gasteiger partial charge in [0.15, 0.2) is 0 Å². The Kier molecular flexibility index (Phi) is 5.69. The van der Waals surface area contributed by atoms with E-state index in [1.54, 1.807) is 42.3 Å². The average molecular weight is 365 g/mol. The van der Waals surface area contributed by atoms with E-state index in [4.69, 9.17) is 14.7 Å². The van der Waals surface area contributed by atoms with Crippen molar-refractivity contribution in [1.29, 1.82) is 5.26 Å². The minimum atomic E-state index is -0.326.